The van der Waals surface area contributed by atoms with E-state index in [0.717, 1.165) is 6.42 Å². The topological polar surface area (TPSA) is 25.8 Å². The number of unbranched alkanes of at least 4 members (excludes halogenated alkanes) is 1. The first-order chi connectivity index (χ1) is 5.34. The first-order valence-corrected chi connectivity index (χ1v) is 3.61. The van der Waals surface area contributed by atoms with E-state index < -0.39 is 5.95 Å². The molecule has 1 aromatic heterocycles. The fraction of sp³-hybridized carbons (Fsp3) is 0.375. The van der Waals surface area contributed by atoms with Crippen molar-refractivity contribution in [2.75, 3.05) is 0 Å². The zero-order valence-corrected chi connectivity index (χ0v) is 6.42. The van der Waals surface area contributed by atoms with Gasteiger partial charge in [-0.3, -0.25) is 4.98 Å². The molecule has 0 N–H and O–H groups in total. The van der Waals surface area contributed by atoms with Crippen molar-refractivity contribution >= 4 is 0 Å². The Balaban J connectivity index is 2.62. The van der Waals surface area contributed by atoms with Crippen LogP contribution in [0.25, 0.3) is 0 Å². The smallest absolute Gasteiger partial charge is 0.234 e. The SMILES string of the molecule is CC[CH]Cc1nccnc1F. The fourth-order valence-electron chi connectivity index (χ4n) is 0.768. The molecule has 0 amide bonds. The molecule has 59 valence electrons. The third-order valence-corrected chi connectivity index (χ3v) is 1.35. The highest BCUT2D eigenvalue weighted by atomic mass is 19.1. The van der Waals surface area contributed by atoms with Crippen LogP contribution in [-0.2, 0) is 6.42 Å². The average Bonchev–Trinajstić information content (AvgIpc) is 2.03. The number of aromatic nitrogens is 2. The van der Waals surface area contributed by atoms with Crippen LogP contribution < -0.4 is 0 Å². The second-order valence-electron chi connectivity index (χ2n) is 2.19. The van der Waals surface area contributed by atoms with Crippen molar-refractivity contribution in [3.63, 3.8) is 0 Å². The summed E-state index contributed by atoms with van der Waals surface area (Å²) in [4.78, 5) is 7.33. The molecule has 0 atom stereocenters. The van der Waals surface area contributed by atoms with Crippen LogP contribution in [0, 0.1) is 12.4 Å². The van der Waals surface area contributed by atoms with Crippen molar-refractivity contribution in [3.8, 4) is 0 Å². The third kappa shape index (κ3) is 2.26. The summed E-state index contributed by atoms with van der Waals surface area (Å²) >= 11 is 0. The second kappa shape index (κ2) is 4.01. The van der Waals surface area contributed by atoms with Crippen LogP contribution in [0.1, 0.15) is 19.0 Å². The highest BCUT2D eigenvalue weighted by Gasteiger charge is 2.01. The monoisotopic (exact) mass is 153 g/mol. The number of hydrogen-bond donors (Lipinski definition) is 0. The minimum absolute atomic E-state index is 0.425. The van der Waals surface area contributed by atoms with Gasteiger partial charge >= 0.3 is 0 Å². The lowest BCUT2D eigenvalue weighted by molar-refractivity contribution is 0.558. The molecule has 0 saturated heterocycles. The summed E-state index contributed by atoms with van der Waals surface area (Å²) in [5.41, 5.74) is 0.425. The van der Waals surface area contributed by atoms with Crippen LogP contribution in [-0.4, -0.2) is 9.97 Å². The molecule has 0 aliphatic rings. The lowest BCUT2D eigenvalue weighted by atomic mass is 10.2. The normalized spacial score (nSPS) is 10.0. The van der Waals surface area contributed by atoms with Gasteiger partial charge in [0.15, 0.2) is 0 Å². The van der Waals surface area contributed by atoms with Crippen LogP contribution in [0.5, 0.6) is 0 Å². The quantitative estimate of drug-likeness (QED) is 0.661. The predicted octanol–water partition coefficient (Wildman–Crippen LogP) is 1.77. The van der Waals surface area contributed by atoms with E-state index in [1.54, 1.807) is 0 Å². The van der Waals surface area contributed by atoms with E-state index in [1.165, 1.54) is 12.4 Å². The molecule has 1 radical (unpaired) electrons. The molecule has 0 spiro atoms. The number of halogens is 1. The third-order valence-electron chi connectivity index (χ3n) is 1.35. The Hall–Kier alpha value is -0.990. The van der Waals surface area contributed by atoms with Gasteiger partial charge in [-0.15, -0.1) is 0 Å². The highest BCUT2D eigenvalue weighted by molar-refractivity contribution is 5.00. The summed E-state index contributed by atoms with van der Waals surface area (Å²) < 4.78 is 12.7. The Kier molecular flexibility index (Phi) is 2.95. The van der Waals surface area contributed by atoms with Gasteiger partial charge in [0.25, 0.3) is 0 Å². The van der Waals surface area contributed by atoms with Crippen molar-refractivity contribution in [1.29, 1.82) is 0 Å². The minimum atomic E-state index is -0.461. The molecule has 0 unspecified atom stereocenters. The molecule has 1 aromatic rings. The summed E-state index contributed by atoms with van der Waals surface area (Å²) in [5.74, 6) is -0.461. The zero-order valence-electron chi connectivity index (χ0n) is 6.42. The van der Waals surface area contributed by atoms with Crippen molar-refractivity contribution < 1.29 is 4.39 Å². The molecular formula is C8H10FN2. The van der Waals surface area contributed by atoms with Gasteiger partial charge in [-0.1, -0.05) is 13.3 Å². The molecule has 1 heterocycles. The minimum Gasteiger partial charge on any atom is -0.255 e. The molecule has 0 aliphatic carbocycles. The highest BCUT2D eigenvalue weighted by Crippen LogP contribution is 2.02. The first kappa shape index (κ1) is 8.11. The molecule has 2 nitrogen and oxygen atoms in total. The van der Waals surface area contributed by atoms with Crippen LogP contribution in [0.2, 0.25) is 0 Å². The van der Waals surface area contributed by atoms with Gasteiger partial charge in [-0.25, -0.2) is 4.98 Å². The maximum absolute atomic E-state index is 12.7. The van der Waals surface area contributed by atoms with Gasteiger partial charge in [0.2, 0.25) is 5.95 Å². The van der Waals surface area contributed by atoms with E-state index >= 15 is 0 Å². The van der Waals surface area contributed by atoms with E-state index in [9.17, 15) is 4.39 Å². The standard InChI is InChI=1S/C8H10FN2/c1-2-3-4-7-8(9)11-6-5-10-7/h3,5-6H,2,4H2,1H3. The van der Waals surface area contributed by atoms with Gasteiger partial charge in [0.05, 0.1) is 5.69 Å². The molecule has 0 fully saturated rings. The van der Waals surface area contributed by atoms with Crippen molar-refractivity contribution in [1.82, 2.24) is 9.97 Å². The Labute approximate surface area is 65.5 Å². The number of nitrogens with zero attached hydrogens (tertiary/aromatic N) is 2. The van der Waals surface area contributed by atoms with E-state index in [0.29, 0.717) is 12.1 Å². The van der Waals surface area contributed by atoms with Gasteiger partial charge in [0.1, 0.15) is 0 Å². The van der Waals surface area contributed by atoms with Crippen molar-refractivity contribution in [3.05, 3.63) is 30.5 Å². The lowest BCUT2D eigenvalue weighted by Crippen LogP contribution is -1.97. The van der Waals surface area contributed by atoms with Crippen molar-refractivity contribution in [2.45, 2.75) is 19.8 Å². The summed E-state index contributed by atoms with van der Waals surface area (Å²) in [6, 6.07) is 0. The Morgan fingerprint density at radius 1 is 1.45 bits per heavy atom. The fourth-order valence-corrected chi connectivity index (χ4v) is 0.768. The van der Waals surface area contributed by atoms with E-state index in [2.05, 4.69) is 9.97 Å². The lowest BCUT2D eigenvalue weighted by Gasteiger charge is -1.97. The largest absolute Gasteiger partial charge is 0.255 e. The molecular weight excluding hydrogens is 143 g/mol. The molecule has 11 heavy (non-hydrogen) atoms. The van der Waals surface area contributed by atoms with Crippen LogP contribution in [0.15, 0.2) is 12.4 Å². The number of rotatable bonds is 3. The molecule has 0 aliphatic heterocycles. The summed E-state index contributed by atoms with van der Waals surface area (Å²) in [6.07, 6.45) is 6.31. The maximum Gasteiger partial charge on any atom is 0.234 e. The van der Waals surface area contributed by atoms with E-state index in [-0.39, 0.29) is 0 Å². The van der Waals surface area contributed by atoms with E-state index in [1.807, 2.05) is 13.3 Å². The van der Waals surface area contributed by atoms with Crippen LogP contribution >= 0.6 is 0 Å². The van der Waals surface area contributed by atoms with Crippen LogP contribution in [0.3, 0.4) is 0 Å². The molecule has 0 aromatic carbocycles. The van der Waals surface area contributed by atoms with Gasteiger partial charge in [0, 0.05) is 12.4 Å². The van der Waals surface area contributed by atoms with Crippen LogP contribution in [0.4, 0.5) is 4.39 Å². The molecule has 0 bridgehead atoms. The van der Waals surface area contributed by atoms with E-state index in [4.69, 9.17) is 0 Å². The Morgan fingerprint density at radius 3 is 2.82 bits per heavy atom. The van der Waals surface area contributed by atoms with Gasteiger partial charge in [-0.05, 0) is 12.8 Å². The Morgan fingerprint density at radius 2 is 2.18 bits per heavy atom. The summed E-state index contributed by atoms with van der Waals surface area (Å²) in [6.45, 7) is 2.01. The molecule has 0 saturated carbocycles. The maximum atomic E-state index is 12.7. The van der Waals surface area contributed by atoms with Gasteiger partial charge < -0.3 is 0 Å². The van der Waals surface area contributed by atoms with Gasteiger partial charge in [-0.2, -0.15) is 4.39 Å². The molecule has 3 heteroatoms. The zero-order chi connectivity index (χ0) is 8.10. The average molecular weight is 153 g/mol. The second-order valence-corrected chi connectivity index (χ2v) is 2.19. The number of hydrogen-bond acceptors (Lipinski definition) is 2. The summed E-state index contributed by atoms with van der Waals surface area (Å²) in [7, 11) is 0. The summed E-state index contributed by atoms with van der Waals surface area (Å²) in [5, 5.41) is 0. The first-order valence-electron chi connectivity index (χ1n) is 3.61. The van der Waals surface area contributed by atoms with Crippen molar-refractivity contribution in [2.24, 2.45) is 0 Å². The predicted molar refractivity (Wildman–Crippen MR) is 40.3 cm³/mol. The molecule has 1 rings (SSSR count). The Bertz CT molecular complexity index is 225.